The third-order valence-corrected chi connectivity index (χ3v) is 5.49. The molecule has 1 unspecified atom stereocenters. The van der Waals surface area contributed by atoms with Gasteiger partial charge >= 0.3 is 0 Å². The summed E-state index contributed by atoms with van der Waals surface area (Å²) in [6, 6.07) is 4.76. The van der Waals surface area contributed by atoms with Crippen LogP contribution in [0.3, 0.4) is 0 Å². The van der Waals surface area contributed by atoms with E-state index in [9.17, 15) is 9.00 Å². The molecule has 0 bridgehead atoms. The lowest BCUT2D eigenvalue weighted by molar-refractivity contribution is 0.102. The SMILES string of the molecule is O=C(CS(=O)C1CCCC1)c1ccc(Cl)cc1Cl. The molecule has 1 aliphatic carbocycles. The predicted octanol–water partition coefficient (Wildman–Crippen LogP) is 3.87. The third-order valence-electron chi connectivity index (χ3n) is 3.18. The van der Waals surface area contributed by atoms with E-state index in [2.05, 4.69) is 0 Å². The molecule has 0 spiro atoms. The average Bonchev–Trinajstić information content (AvgIpc) is 2.81. The van der Waals surface area contributed by atoms with E-state index in [1.54, 1.807) is 12.1 Å². The molecule has 1 fully saturated rings. The minimum Gasteiger partial charge on any atom is -0.293 e. The maximum Gasteiger partial charge on any atom is 0.176 e. The number of ketones is 1. The highest BCUT2D eigenvalue weighted by Gasteiger charge is 2.24. The van der Waals surface area contributed by atoms with Crippen LogP contribution < -0.4 is 0 Å². The summed E-state index contributed by atoms with van der Waals surface area (Å²) in [5.74, 6) is -0.103. The molecule has 1 aliphatic rings. The Labute approximate surface area is 119 Å². The van der Waals surface area contributed by atoms with Crippen LogP contribution in [-0.4, -0.2) is 21.0 Å². The van der Waals surface area contributed by atoms with Gasteiger partial charge < -0.3 is 0 Å². The number of carbonyl (C=O) groups excluding carboxylic acids is 1. The van der Waals surface area contributed by atoms with Gasteiger partial charge in [0, 0.05) is 26.6 Å². The molecule has 2 rings (SSSR count). The highest BCUT2D eigenvalue weighted by atomic mass is 35.5. The van der Waals surface area contributed by atoms with Crippen molar-refractivity contribution in [1.29, 1.82) is 0 Å². The first-order valence-corrected chi connectivity index (χ1v) is 8.07. The Kier molecular flexibility index (Phi) is 4.82. The van der Waals surface area contributed by atoms with Crippen LogP contribution in [0, 0.1) is 0 Å². The molecule has 0 aliphatic heterocycles. The van der Waals surface area contributed by atoms with Crippen molar-refractivity contribution in [2.45, 2.75) is 30.9 Å². The molecule has 0 aromatic heterocycles. The van der Waals surface area contributed by atoms with Crippen molar-refractivity contribution in [1.82, 2.24) is 0 Å². The van der Waals surface area contributed by atoms with Crippen LogP contribution in [-0.2, 0) is 10.8 Å². The van der Waals surface area contributed by atoms with E-state index < -0.39 is 10.8 Å². The third kappa shape index (κ3) is 3.34. The van der Waals surface area contributed by atoms with Gasteiger partial charge in [-0.05, 0) is 31.0 Å². The van der Waals surface area contributed by atoms with Crippen LogP contribution in [0.4, 0.5) is 0 Å². The van der Waals surface area contributed by atoms with Crippen molar-refractivity contribution in [3.63, 3.8) is 0 Å². The lowest BCUT2D eigenvalue weighted by Gasteiger charge is -2.09. The van der Waals surface area contributed by atoms with Gasteiger partial charge in [0.1, 0.15) is 0 Å². The quantitative estimate of drug-likeness (QED) is 0.791. The summed E-state index contributed by atoms with van der Waals surface area (Å²) < 4.78 is 12.0. The molecule has 18 heavy (non-hydrogen) atoms. The summed E-state index contributed by atoms with van der Waals surface area (Å²) in [4.78, 5) is 12.0. The topological polar surface area (TPSA) is 34.1 Å². The average molecular weight is 305 g/mol. The van der Waals surface area contributed by atoms with Crippen LogP contribution in [0.5, 0.6) is 0 Å². The molecular weight excluding hydrogens is 291 g/mol. The molecule has 0 N–H and O–H groups in total. The number of rotatable bonds is 4. The van der Waals surface area contributed by atoms with Gasteiger partial charge in [-0.2, -0.15) is 0 Å². The Balaban J connectivity index is 2.05. The molecule has 0 amide bonds. The van der Waals surface area contributed by atoms with Crippen molar-refractivity contribution in [2.75, 3.05) is 5.75 Å². The fraction of sp³-hybridized carbons (Fsp3) is 0.462. The Morgan fingerprint density at radius 3 is 2.56 bits per heavy atom. The minimum absolute atomic E-state index is 0.0615. The Morgan fingerprint density at radius 2 is 1.94 bits per heavy atom. The summed E-state index contributed by atoms with van der Waals surface area (Å²) in [6.45, 7) is 0. The van der Waals surface area contributed by atoms with Crippen molar-refractivity contribution >= 4 is 39.8 Å². The van der Waals surface area contributed by atoms with E-state index in [4.69, 9.17) is 23.2 Å². The van der Waals surface area contributed by atoms with E-state index >= 15 is 0 Å². The molecule has 1 aromatic carbocycles. The van der Waals surface area contributed by atoms with Crippen LogP contribution in [0.25, 0.3) is 0 Å². The first-order valence-electron chi connectivity index (χ1n) is 5.93. The van der Waals surface area contributed by atoms with E-state index in [1.165, 1.54) is 6.07 Å². The molecule has 0 heterocycles. The van der Waals surface area contributed by atoms with Gasteiger partial charge in [0.05, 0.1) is 10.8 Å². The van der Waals surface area contributed by atoms with Crippen molar-refractivity contribution < 1.29 is 9.00 Å². The van der Waals surface area contributed by atoms with Gasteiger partial charge in [-0.1, -0.05) is 36.0 Å². The lowest BCUT2D eigenvalue weighted by atomic mass is 10.1. The maximum atomic E-state index is 12.0. The fourth-order valence-electron chi connectivity index (χ4n) is 2.19. The largest absolute Gasteiger partial charge is 0.293 e. The maximum absolute atomic E-state index is 12.0. The van der Waals surface area contributed by atoms with Crippen molar-refractivity contribution in [3.8, 4) is 0 Å². The number of hydrogen-bond donors (Lipinski definition) is 0. The number of halogens is 2. The molecule has 1 aromatic rings. The molecule has 1 saturated carbocycles. The smallest absolute Gasteiger partial charge is 0.176 e. The standard InChI is InChI=1S/C13H14Cl2O2S/c14-9-5-6-11(12(15)7-9)13(16)8-18(17)10-3-1-2-4-10/h5-7,10H,1-4,8H2. The predicted molar refractivity (Wildman–Crippen MR) is 76.1 cm³/mol. The second kappa shape index (κ2) is 6.18. The van der Waals surface area contributed by atoms with E-state index in [-0.39, 0.29) is 16.8 Å². The Hall–Kier alpha value is -0.380. The number of Topliss-reactive ketones (excluding diaryl/α,β-unsaturated/α-hetero) is 1. The Bertz CT molecular complexity index is 482. The second-order valence-electron chi connectivity index (χ2n) is 4.48. The highest BCUT2D eigenvalue weighted by Crippen LogP contribution is 2.25. The summed E-state index contributed by atoms with van der Waals surface area (Å²) >= 11 is 11.7. The first kappa shape index (κ1) is 14.0. The van der Waals surface area contributed by atoms with Crippen LogP contribution in [0.1, 0.15) is 36.0 Å². The van der Waals surface area contributed by atoms with Gasteiger partial charge in [-0.15, -0.1) is 0 Å². The second-order valence-corrected chi connectivity index (χ2v) is 7.04. The monoisotopic (exact) mass is 304 g/mol. The lowest BCUT2D eigenvalue weighted by Crippen LogP contribution is -2.20. The summed E-state index contributed by atoms with van der Waals surface area (Å²) in [5, 5.41) is 1.00. The number of benzene rings is 1. The van der Waals surface area contributed by atoms with E-state index in [1.807, 2.05) is 0 Å². The van der Waals surface area contributed by atoms with E-state index in [0.29, 0.717) is 15.6 Å². The summed E-state index contributed by atoms with van der Waals surface area (Å²) in [5.41, 5.74) is 0.410. The van der Waals surface area contributed by atoms with Crippen LogP contribution in [0.15, 0.2) is 18.2 Å². The zero-order valence-electron chi connectivity index (χ0n) is 9.83. The molecule has 2 nitrogen and oxygen atoms in total. The highest BCUT2D eigenvalue weighted by molar-refractivity contribution is 7.86. The molecule has 5 heteroatoms. The molecule has 0 saturated heterocycles. The minimum atomic E-state index is -1.08. The van der Waals surface area contributed by atoms with Gasteiger partial charge in [0.2, 0.25) is 0 Å². The Morgan fingerprint density at radius 1 is 1.28 bits per heavy atom. The van der Waals surface area contributed by atoms with Gasteiger partial charge in [-0.3, -0.25) is 9.00 Å². The van der Waals surface area contributed by atoms with Gasteiger partial charge in [0.25, 0.3) is 0 Å². The summed E-state index contributed by atoms with van der Waals surface area (Å²) in [7, 11) is -1.08. The van der Waals surface area contributed by atoms with Crippen LogP contribution in [0.2, 0.25) is 10.0 Å². The molecule has 0 radical (unpaired) electrons. The van der Waals surface area contributed by atoms with Crippen molar-refractivity contribution in [2.24, 2.45) is 0 Å². The fourth-order valence-corrected chi connectivity index (χ4v) is 4.21. The van der Waals surface area contributed by atoms with Gasteiger partial charge in [0.15, 0.2) is 5.78 Å². The summed E-state index contributed by atoms with van der Waals surface area (Å²) in [6.07, 6.45) is 4.17. The normalized spacial score (nSPS) is 17.9. The van der Waals surface area contributed by atoms with Crippen molar-refractivity contribution in [3.05, 3.63) is 33.8 Å². The number of hydrogen-bond acceptors (Lipinski definition) is 2. The molecular formula is C13H14Cl2O2S. The van der Waals surface area contributed by atoms with E-state index in [0.717, 1.165) is 25.7 Å². The number of carbonyl (C=O) groups is 1. The zero-order chi connectivity index (χ0) is 13.1. The zero-order valence-corrected chi connectivity index (χ0v) is 12.2. The van der Waals surface area contributed by atoms with Gasteiger partial charge in [-0.25, -0.2) is 0 Å². The molecule has 98 valence electrons. The van der Waals surface area contributed by atoms with Crippen LogP contribution >= 0.6 is 23.2 Å². The molecule has 1 atom stereocenters. The first-order chi connectivity index (χ1) is 8.58.